The summed E-state index contributed by atoms with van der Waals surface area (Å²) >= 11 is 15.1. The van der Waals surface area contributed by atoms with Gasteiger partial charge >= 0.3 is 5.97 Å². The quantitative estimate of drug-likeness (QED) is 0.630. The van der Waals surface area contributed by atoms with Gasteiger partial charge in [-0.25, -0.2) is 0 Å². The molecular formula is C10H9BrCl2O2. The van der Waals surface area contributed by atoms with Gasteiger partial charge in [-0.05, 0) is 23.3 Å². The minimum Gasteiger partial charge on any atom is -0.469 e. The molecule has 0 fully saturated rings. The maximum Gasteiger partial charge on any atom is 0.310 e. The molecule has 0 aliphatic rings. The highest BCUT2D eigenvalue weighted by atomic mass is 79.9. The number of hydrogen-bond acceptors (Lipinski definition) is 2. The van der Waals surface area contributed by atoms with Crippen molar-refractivity contribution < 1.29 is 9.53 Å². The molecule has 0 spiro atoms. The van der Waals surface area contributed by atoms with Crippen LogP contribution >= 0.6 is 39.1 Å². The molecule has 0 saturated carbocycles. The van der Waals surface area contributed by atoms with E-state index in [0.717, 1.165) is 15.6 Å². The third-order valence-electron chi connectivity index (χ3n) is 1.92. The van der Waals surface area contributed by atoms with Crippen LogP contribution in [-0.2, 0) is 21.8 Å². The number of alkyl halides is 1. The molecule has 0 aliphatic heterocycles. The summed E-state index contributed by atoms with van der Waals surface area (Å²) in [6.45, 7) is 0. The van der Waals surface area contributed by atoms with Crippen molar-refractivity contribution in [3.8, 4) is 0 Å². The minimum atomic E-state index is -0.317. The van der Waals surface area contributed by atoms with Crippen LogP contribution in [0.5, 0.6) is 0 Å². The largest absolute Gasteiger partial charge is 0.469 e. The lowest BCUT2D eigenvalue weighted by Gasteiger charge is -2.07. The smallest absolute Gasteiger partial charge is 0.310 e. The molecule has 2 nitrogen and oxygen atoms in total. The predicted molar refractivity (Wildman–Crippen MR) is 64.4 cm³/mol. The van der Waals surface area contributed by atoms with Crippen LogP contribution in [0.15, 0.2) is 16.6 Å². The third-order valence-corrected chi connectivity index (χ3v) is 3.30. The summed E-state index contributed by atoms with van der Waals surface area (Å²) in [6.07, 6.45) is 0.163. The number of methoxy groups -OCH3 is 1. The number of ether oxygens (including phenoxy) is 1. The second kappa shape index (κ2) is 5.73. The van der Waals surface area contributed by atoms with Crippen molar-refractivity contribution in [3.05, 3.63) is 32.8 Å². The van der Waals surface area contributed by atoms with Crippen molar-refractivity contribution >= 4 is 45.1 Å². The highest BCUT2D eigenvalue weighted by Gasteiger charge is 2.10. The van der Waals surface area contributed by atoms with Crippen molar-refractivity contribution in [1.29, 1.82) is 0 Å². The minimum absolute atomic E-state index is 0.163. The lowest BCUT2D eigenvalue weighted by molar-refractivity contribution is -0.139. The van der Waals surface area contributed by atoms with Gasteiger partial charge in [-0.15, -0.1) is 11.6 Å². The first-order chi connectivity index (χ1) is 7.08. The first-order valence-corrected chi connectivity index (χ1v) is 5.88. The highest BCUT2D eigenvalue weighted by Crippen LogP contribution is 2.27. The van der Waals surface area contributed by atoms with Gasteiger partial charge < -0.3 is 4.74 Å². The summed E-state index contributed by atoms with van der Waals surface area (Å²) in [5.74, 6) is 0.0566. The molecule has 0 heterocycles. The van der Waals surface area contributed by atoms with Gasteiger partial charge in [0.2, 0.25) is 0 Å². The Morgan fingerprint density at radius 2 is 2.13 bits per heavy atom. The summed E-state index contributed by atoms with van der Waals surface area (Å²) in [4.78, 5) is 11.1. The molecule has 0 amide bonds. The highest BCUT2D eigenvalue weighted by molar-refractivity contribution is 9.10. The van der Waals surface area contributed by atoms with Gasteiger partial charge in [0, 0.05) is 15.4 Å². The van der Waals surface area contributed by atoms with E-state index in [4.69, 9.17) is 23.2 Å². The van der Waals surface area contributed by atoms with Crippen LogP contribution in [0.4, 0.5) is 0 Å². The molecule has 0 atom stereocenters. The van der Waals surface area contributed by atoms with E-state index in [1.54, 1.807) is 12.1 Å². The monoisotopic (exact) mass is 310 g/mol. The van der Waals surface area contributed by atoms with Crippen LogP contribution in [0.1, 0.15) is 11.1 Å². The van der Waals surface area contributed by atoms with Gasteiger partial charge in [0.25, 0.3) is 0 Å². The maximum atomic E-state index is 11.1. The zero-order valence-electron chi connectivity index (χ0n) is 8.02. The standard InChI is InChI=1S/C10H9BrCl2O2/c1-15-10(14)4-6-2-8(11)7(5-12)3-9(6)13/h2-3H,4-5H2,1H3. The third kappa shape index (κ3) is 3.37. The van der Waals surface area contributed by atoms with Crippen LogP contribution in [0, 0.1) is 0 Å². The van der Waals surface area contributed by atoms with Crippen LogP contribution in [-0.4, -0.2) is 13.1 Å². The second-order valence-electron chi connectivity index (χ2n) is 2.92. The van der Waals surface area contributed by atoms with E-state index in [2.05, 4.69) is 20.7 Å². The number of rotatable bonds is 3. The fourth-order valence-electron chi connectivity index (χ4n) is 1.09. The molecule has 0 aromatic heterocycles. The molecular weight excluding hydrogens is 303 g/mol. The van der Waals surface area contributed by atoms with Crippen LogP contribution < -0.4 is 0 Å². The second-order valence-corrected chi connectivity index (χ2v) is 4.45. The Kier molecular flexibility index (Phi) is 4.90. The predicted octanol–water partition coefficient (Wildman–Crippen LogP) is 3.56. The van der Waals surface area contributed by atoms with E-state index in [9.17, 15) is 4.79 Å². The Morgan fingerprint density at radius 1 is 1.47 bits per heavy atom. The van der Waals surface area contributed by atoms with Crippen LogP contribution in [0.2, 0.25) is 5.02 Å². The molecule has 82 valence electrons. The van der Waals surface area contributed by atoms with E-state index in [1.807, 2.05) is 0 Å². The first-order valence-electron chi connectivity index (χ1n) is 4.18. The number of carbonyl (C=O) groups is 1. The SMILES string of the molecule is COC(=O)Cc1cc(Br)c(CCl)cc1Cl. The van der Waals surface area contributed by atoms with Gasteiger partial charge in [0.1, 0.15) is 0 Å². The van der Waals surface area contributed by atoms with E-state index >= 15 is 0 Å². The van der Waals surface area contributed by atoms with Crippen molar-refractivity contribution in [3.63, 3.8) is 0 Å². The summed E-state index contributed by atoms with van der Waals surface area (Å²) in [6, 6.07) is 3.54. The molecule has 0 unspecified atom stereocenters. The Hall–Kier alpha value is -0.250. The molecule has 5 heteroatoms. The van der Waals surface area contributed by atoms with Gasteiger partial charge in [-0.3, -0.25) is 4.79 Å². The van der Waals surface area contributed by atoms with Crippen molar-refractivity contribution in [2.75, 3.05) is 7.11 Å². The lowest BCUT2D eigenvalue weighted by atomic mass is 10.1. The van der Waals surface area contributed by atoms with Gasteiger partial charge in [0.15, 0.2) is 0 Å². The number of benzene rings is 1. The average Bonchev–Trinajstić information content (AvgIpc) is 2.22. The van der Waals surface area contributed by atoms with Gasteiger partial charge in [0.05, 0.1) is 13.5 Å². The summed E-state index contributed by atoms with van der Waals surface area (Å²) in [5, 5.41) is 0.527. The van der Waals surface area contributed by atoms with Crippen LogP contribution in [0.3, 0.4) is 0 Å². The van der Waals surface area contributed by atoms with E-state index in [-0.39, 0.29) is 12.4 Å². The van der Waals surface area contributed by atoms with E-state index in [1.165, 1.54) is 7.11 Å². The molecule has 0 aliphatic carbocycles. The van der Waals surface area contributed by atoms with Crippen LogP contribution in [0.25, 0.3) is 0 Å². The zero-order valence-corrected chi connectivity index (χ0v) is 11.1. The molecule has 1 rings (SSSR count). The molecule has 1 aromatic rings. The molecule has 0 saturated heterocycles. The topological polar surface area (TPSA) is 26.3 Å². The van der Waals surface area contributed by atoms with Crippen molar-refractivity contribution in [2.45, 2.75) is 12.3 Å². The van der Waals surface area contributed by atoms with E-state index in [0.29, 0.717) is 10.9 Å². The van der Waals surface area contributed by atoms with E-state index < -0.39 is 0 Å². The Balaban J connectivity index is 3.00. The Labute approximate surface area is 107 Å². The van der Waals surface area contributed by atoms with Gasteiger partial charge in [-0.2, -0.15) is 0 Å². The summed E-state index contributed by atoms with van der Waals surface area (Å²) in [7, 11) is 1.35. The van der Waals surface area contributed by atoms with Gasteiger partial charge in [-0.1, -0.05) is 27.5 Å². The molecule has 0 N–H and O–H groups in total. The fourth-order valence-corrected chi connectivity index (χ4v) is 2.26. The maximum absolute atomic E-state index is 11.1. The normalized spacial score (nSPS) is 10.1. The average molecular weight is 312 g/mol. The Morgan fingerprint density at radius 3 is 2.67 bits per heavy atom. The van der Waals surface area contributed by atoms with Crippen molar-refractivity contribution in [1.82, 2.24) is 0 Å². The summed E-state index contributed by atoms with van der Waals surface area (Å²) < 4.78 is 5.41. The molecule has 1 aromatic carbocycles. The summed E-state index contributed by atoms with van der Waals surface area (Å²) in [5.41, 5.74) is 1.62. The number of halogens is 3. The number of esters is 1. The molecule has 0 bridgehead atoms. The molecule has 15 heavy (non-hydrogen) atoms. The first kappa shape index (κ1) is 12.8. The number of carbonyl (C=O) groups excluding carboxylic acids is 1. The zero-order chi connectivity index (χ0) is 11.4. The van der Waals surface area contributed by atoms with Crippen molar-refractivity contribution in [2.24, 2.45) is 0 Å². The molecule has 0 radical (unpaired) electrons. The lowest BCUT2D eigenvalue weighted by Crippen LogP contribution is -2.05. The fraction of sp³-hybridized carbons (Fsp3) is 0.300. The number of hydrogen-bond donors (Lipinski definition) is 0. The Bertz CT molecular complexity index is 380.